The number of halogens is 1. The summed E-state index contributed by atoms with van der Waals surface area (Å²) in [5.41, 5.74) is 2.46. The van der Waals surface area contributed by atoms with E-state index in [-0.39, 0.29) is 29.4 Å². The normalized spacial score (nSPS) is 15.2. The fraction of sp³-hybridized carbons (Fsp3) is 0.429. The molecule has 1 aliphatic rings. The molecule has 0 atom stereocenters. The first-order chi connectivity index (χ1) is 14.2. The number of fused-ring (bicyclic) bond motifs is 1. The van der Waals surface area contributed by atoms with E-state index >= 15 is 0 Å². The summed E-state index contributed by atoms with van der Waals surface area (Å²) < 4.78 is 1.75. The summed E-state index contributed by atoms with van der Waals surface area (Å²) in [5, 5.41) is 15.4. The van der Waals surface area contributed by atoms with Gasteiger partial charge in [-0.05, 0) is 18.4 Å². The van der Waals surface area contributed by atoms with Gasteiger partial charge in [-0.2, -0.15) is 5.10 Å². The SMILES string of the molecule is CN=C(NCCNc1ncnc2c1cnn2C)NCC1(c2ccccc2)CCC1.I. The van der Waals surface area contributed by atoms with Crippen molar-refractivity contribution in [2.45, 2.75) is 24.7 Å². The topological polar surface area (TPSA) is 92.1 Å². The minimum atomic E-state index is 0. The lowest BCUT2D eigenvalue weighted by Crippen LogP contribution is -2.49. The molecule has 3 N–H and O–H groups in total. The molecule has 0 spiro atoms. The van der Waals surface area contributed by atoms with Crippen LogP contribution in [0.15, 0.2) is 47.8 Å². The van der Waals surface area contributed by atoms with Gasteiger partial charge >= 0.3 is 0 Å². The Kier molecular flexibility index (Phi) is 7.46. The first-order valence-electron chi connectivity index (χ1n) is 10.1. The third-order valence-electron chi connectivity index (χ3n) is 5.75. The van der Waals surface area contributed by atoms with Gasteiger partial charge in [-0.15, -0.1) is 24.0 Å². The highest BCUT2D eigenvalue weighted by Crippen LogP contribution is 2.43. The maximum atomic E-state index is 4.37. The molecule has 9 heteroatoms. The zero-order chi connectivity index (χ0) is 20.1. The molecule has 0 aliphatic heterocycles. The Balaban J connectivity index is 0.00000256. The monoisotopic (exact) mass is 520 g/mol. The first kappa shape index (κ1) is 22.3. The van der Waals surface area contributed by atoms with Crippen molar-refractivity contribution in [3.05, 3.63) is 48.4 Å². The van der Waals surface area contributed by atoms with Crippen molar-refractivity contribution < 1.29 is 0 Å². The van der Waals surface area contributed by atoms with Crippen LogP contribution in [0.2, 0.25) is 0 Å². The molecule has 0 amide bonds. The van der Waals surface area contributed by atoms with Crippen LogP contribution in [-0.4, -0.2) is 52.4 Å². The lowest BCUT2D eigenvalue weighted by atomic mass is 9.64. The predicted molar refractivity (Wildman–Crippen MR) is 132 cm³/mol. The van der Waals surface area contributed by atoms with Crippen molar-refractivity contribution in [3.8, 4) is 0 Å². The van der Waals surface area contributed by atoms with E-state index in [1.807, 2.05) is 14.1 Å². The van der Waals surface area contributed by atoms with Crippen molar-refractivity contribution in [3.63, 3.8) is 0 Å². The van der Waals surface area contributed by atoms with Gasteiger partial charge in [0.15, 0.2) is 11.6 Å². The van der Waals surface area contributed by atoms with E-state index in [0.717, 1.165) is 35.9 Å². The smallest absolute Gasteiger partial charge is 0.191 e. The number of nitrogens with one attached hydrogen (secondary N) is 3. The number of aromatic nitrogens is 4. The maximum Gasteiger partial charge on any atom is 0.191 e. The Morgan fingerprint density at radius 2 is 1.93 bits per heavy atom. The molecule has 160 valence electrons. The van der Waals surface area contributed by atoms with Crippen LogP contribution in [-0.2, 0) is 12.5 Å². The lowest BCUT2D eigenvalue weighted by Gasteiger charge is -2.43. The number of hydrogen-bond acceptors (Lipinski definition) is 5. The molecular formula is C21H29IN8. The highest BCUT2D eigenvalue weighted by Gasteiger charge is 2.38. The minimum absolute atomic E-state index is 0. The van der Waals surface area contributed by atoms with E-state index in [1.165, 1.54) is 24.8 Å². The van der Waals surface area contributed by atoms with Crippen LogP contribution in [0, 0.1) is 0 Å². The average molecular weight is 520 g/mol. The summed E-state index contributed by atoms with van der Waals surface area (Å²) in [7, 11) is 3.68. The summed E-state index contributed by atoms with van der Waals surface area (Å²) in [5.74, 6) is 1.62. The third-order valence-corrected chi connectivity index (χ3v) is 5.75. The van der Waals surface area contributed by atoms with Gasteiger partial charge in [0.25, 0.3) is 0 Å². The molecule has 4 rings (SSSR count). The molecule has 0 saturated heterocycles. The third kappa shape index (κ3) is 4.66. The maximum absolute atomic E-state index is 4.37. The number of guanidine groups is 1. The second kappa shape index (κ2) is 10.1. The van der Waals surface area contributed by atoms with Gasteiger partial charge in [-0.3, -0.25) is 9.67 Å². The van der Waals surface area contributed by atoms with Gasteiger partial charge in [0.1, 0.15) is 12.1 Å². The molecule has 1 fully saturated rings. The summed E-state index contributed by atoms with van der Waals surface area (Å²) in [4.78, 5) is 13.0. The second-order valence-corrected chi connectivity index (χ2v) is 7.51. The van der Waals surface area contributed by atoms with Gasteiger partial charge in [0.05, 0.1) is 11.6 Å². The zero-order valence-corrected chi connectivity index (χ0v) is 19.8. The van der Waals surface area contributed by atoms with Crippen LogP contribution >= 0.6 is 24.0 Å². The Bertz CT molecular complexity index is 981. The fourth-order valence-corrected chi connectivity index (χ4v) is 3.90. The summed E-state index contributed by atoms with van der Waals surface area (Å²) in [6.45, 7) is 2.33. The molecule has 0 unspecified atom stereocenters. The Morgan fingerprint density at radius 1 is 1.13 bits per heavy atom. The summed E-state index contributed by atoms with van der Waals surface area (Å²) in [6, 6.07) is 10.8. The fourth-order valence-electron chi connectivity index (χ4n) is 3.90. The number of aliphatic imine (C=N–C) groups is 1. The molecule has 2 aromatic heterocycles. The van der Waals surface area contributed by atoms with Gasteiger partial charge in [0.2, 0.25) is 0 Å². The van der Waals surface area contributed by atoms with Crippen molar-refractivity contribution in [1.29, 1.82) is 0 Å². The quantitative estimate of drug-likeness (QED) is 0.192. The highest BCUT2D eigenvalue weighted by molar-refractivity contribution is 14.0. The molecule has 30 heavy (non-hydrogen) atoms. The van der Waals surface area contributed by atoms with Crippen LogP contribution in [0.4, 0.5) is 5.82 Å². The van der Waals surface area contributed by atoms with Crippen LogP contribution in [0.5, 0.6) is 0 Å². The number of hydrogen-bond donors (Lipinski definition) is 3. The van der Waals surface area contributed by atoms with Crippen LogP contribution in [0.3, 0.4) is 0 Å². The number of benzene rings is 1. The van der Waals surface area contributed by atoms with Gasteiger partial charge in [-0.1, -0.05) is 36.8 Å². The molecule has 3 aromatic rings. The van der Waals surface area contributed by atoms with Crippen molar-refractivity contribution in [2.75, 3.05) is 32.0 Å². The number of anilines is 1. The standard InChI is InChI=1S/C21H28N8.HI/c1-22-20(25-14-21(9-6-10-21)16-7-4-3-5-8-16)24-12-11-23-18-17-13-28-29(2)19(17)27-15-26-18;/h3-5,7-8,13,15H,6,9-12,14H2,1-2H3,(H2,22,24,25)(H,23,26,27);1H. The summed E-state index contributed by atoms with van der Waals surface area (Å²) in [6.07, 6.45) is 7.07. The predicted octanol–water partition coefficient (Wildman–Crippen LogP) is 2.68. The molecule has 2 heterocycles. The largest absolute Gasteiger partial charge is 0.368 e. The summed E-state index contributed by atoms with van der Waals surface area (Å²) >= 11 is 0. The molecule has 1 saturated carbocycles. The molecule has 8 nitrogen and oxygen atoms in total. The van der Waals surface area contributed by atoms with E-state index in [1.54, 1.807) is 17.2 Å². The number of rotatable bonds is 7. The van der Waals surface area contributed by atoms with Crippen molar-refractivity contribution in [2.24, 2.45) is 12.0 Å². The van der Waals surface area contributed by atoms with E-state index in [0.29, 0.717) is 6.54 Å². The lowest BCUT2D eigenvalue weighted by molar-refractivity contribution is 0.244. The van der Waals surface area contributed by atoms with Crippen LogP contribution < -0.4 is 16.0 Å². The van der Waals surface area contributed by atoms with Crippen molar-refractivity contribution >= 4 is 46.8 Å². The zero-order valence-electron chi connectivity index (χ0n) is 17.4. The number of aryl methyl sites for hydroxylation is 1. The number of nitrogens with zero attached hydrogens (tertiary/aromatic N) is 5. The van der Waals surface area contributed by atoms with E-state index in [9.17, 15) is 0 Å². The van der Waals surface area contributed by atoms with E-state index in [2.05, 4.69) is 66.3 Å². The minimum Gasteiger partial charge on any atom is -0.368 e. The van der Waals surface area contributed by atoms with Crippen molar-refractivity contribution in [1.82, 2.24) is 30.4 Å². The molecular weight excluding hydrogens is 491 g/mol. The van der Waals surface area contributed by atoms with Gasteiger partial charge in [0, 0.05) is 39.1 Å². The van der Waals surface area contributed by atoms with Crippen LogP contribution in [0.25, 0.3) is 11.0 Å². The second-order valence-electron chi connectivity index (χ2n) is 7.51. The van der Waals surface area contributed by atoms with E-state index in [4.69, 9.17) is 0 Å². The van der Waals surface area contributed by atoms with Gasteiger partial charge < -0.3 is 16.0 Å². The average Bonchev–Trinajstić information content (AvgIpc) is 3.11. The Hall–Kier alpha value is -2.43. The van der Waals surface area contributed by atoms with E-state index < -0.39 is 0 Å². The first-order valence-corrected chi connectivity index (χ1v) is 10.1. The molecule has 1 aromatic carbocycles. The highest BCUT2D eigenvalue weighted by atomic mass is 127. The molecule has 1 aliphatic carbocycles. The Morgan fingerprint density at radius 3 is 2.63 bits per heavy atom. The molecule has 0 bridgehead atoms. The Labute approximate surface area is 194 Å². The van der Waals surface area contributed by atoms with Gasteiger partial charge in [-0.25, -0.2) is 9.97 Å². The molecule has 0 radical (unpaired) electrons. The van der Waals surface area contributed by atoms with Crippen LogP contribution in [0.1, 0.15) is 24.8 Å².